The summed E-state index contributed by atoms with van der Waals surface area (Å²) in [5.74, 6) is 1.85. The van der Waals surface area contributed by atoms with Crippen molar-refractivity contribution in [1.82, 2.24) is 0 Å². The molecule has 1 saturated carbocycles. The van der Waals surface area contributed by atoms with E-state index in [0.717, 1.165) is 29.8 Å². The molecular formula is C33H45N2O4P. The molecule has 6 nitrogen and oxygen atoms in total. The summed E-state index contributed by atoms with van der Waals surface area (Å²) in [6.07, 6.45) is 3.04. The van der Waals surface area contributed by atoms with Crippen LogP contribution in [-0.4, -0.2) is 34.4 Å². The molecule has 0 saturated heterocycles. The third-order valence-electron chi connectivity index (χ3n) is 8.12. The lowest BCUT2D eigenvalue weighted by molar-refractivity contribution is 0.0488. The zero-order valence-electron chi connectivity index (χ0n) is 25.0. The molecule has 1 aliphatic carbocycles. The van der Waals surface area contributed by atoms with Crippen molar-refractivity contribution in [3.63, 3.8) is 0 Å². The quantitative estimate of drug-likeness (QED) is 0.239. The van der Waals surface area contributed by atoms with Crippen molar-refractivity contribution in [1.29, 1.82) is 0 Å². The molecule has 0 amide bonds. The van der Waals surface area contributed by atoms with Crippen LogP contribution >= 0.6 is 7.37 Å². The molecule has 7 heteroatoms. The largest absolute Gasteiger partial charge is 0.493 e. The van der Waals surface area contributed by atoms with Gasteiger partial charge in [-0.25, -0.2) is 0 Å². The van der Waals surface area contributed by atoms with Crippen LogP contribution in [0.15, 0.2) is 72.8 Å². The highest BCUT2D eigenvalue weighted by molar-refractivity contribution is 7.67. The van der Waals surface area contributed by atoms with Crippen LogP contribution in [0.4, 0.5) is 11.4 Å². The number of rotatable bonds is 11. The third kappa shape index (κ3) is 6.67. The molecular weight excluding hydrogens is 519 g/mol. The van der Waals surface area contributed by atoms with E-state index in [1.165, 1.54) is 6.42 Å². The molecule has 1 aliphatic rings. The first kappa shape index (κ1) is 30.0. The summed E-state index contributed by atoms with van der Waals surface area (Å²) in [5.41, 5.74) is 2.72. The molecule has 0 spiro atoms. The first-order valence-corrected chi connectivity index (χ1v) is 15.9. The van der Waals surface area contributed by atoms with Crippen LogP contribution < -0.4 is 25.0 Å². The maximum Gasteiger partial charge on any atom is 0.258 e. The van der Waals surface area contributed by atoms with Crippen molar-refractivity contribution in [2.45, 2.75) is 51.9 Å². The van der Waals surface area contributed by atoms with Gasteiger partial charge in [0.15, 0.2) is 11.5 Å². The number of benzene rings is 3. The number of hydrogen-bond acceptors (Lipinski definition) is 6. The van der Waals surface area contributed by atoms with E-state index in [1.807, 2.05) is 91.8 Å². The Balaban J connectivity index is 1.89. The van der Waals surface area contributed by atoms with Gasteiger partial charge >= 0.3 is 0 Å². The van der Waals surface area contributed by atoms with Gasteiger partial charge in [0.25, 0.3) is 7.37 Å². The number of ether oxygens (including phenoxy) is 2. The number of nitrogens with one attached hydrogen (secondary N) is 1. The zero-order chi connectivity index (χ0) is 28.9. The SMILES string of the molecule is COc1ccc([C@H](Nc2ccccc2)[P@](=O)(O[C@@H]2C[C@H](C)CC[C@H]2C(C)C)c2ccc(N(C)C)cc2)cc1OC. The Morgan fingerprint density at radius 1 is 0.900 bits per heavy atom. The average Bonchev–Trinajstić information content (AvgIpc) is 2.96. The number of anilines is 2. The lowest BCUT2D eigenvalue weighted by Gasteiger charge is -2.41. The van der Waals surface area contributed by atoms with Gasteiger partial charge < -0.3 is 24.2 Å². The Bertz CT molecular complexity index is 1280. The summed E-state index contributed by atoms with van der Waals surface area (Å²) >= 11 is 0. The number of nitrogens with zero attached hydrogens (tertiary/aromatic N) is 1. The molecule has 3 aromatic rings. The normalized spacial score (nSPS) is 21.4. The lowest BCUT2D eigenvalue weighted by Crippen LogP contribution is -2.35. The fourth-order valence-corrected chi connectivity index (χ4v) is 8.37. The van der Waals surface area contributed by atoms with Gasteiger partial charge in [0.05, 0.1) is 20.3 Å². The van der Waals surface area contributed by atoms with Gasteiger partial charge in [0.1, 0.15) is 5.78 Å². The van der Waals surface area contributed by atoms with Gasteiger partial charge in [0.2, 0.25) is 0 Å². The molecule has 0 bridgehead atoms. The molecule has 40 heavy (non-hydrogen) atoms. The topological polar surface area (TPSA) is 60.0 Å². The highest BCUT2D eigenvalue weighted by Gasteiger charge is 2.43. The standard InChI is InChI=1S/C33H45N2O4P/c1-23(2)29-19-13-24(3)21-31(29)39-40(36,28-17-15-27(16-18-28)35(4)5)33(34-26-11-9-8-10-12-26)25-14-20-30(37-6)32(22-25)38-7/h8-12,14-18,20,22-24,29,31,33-34H,13,19,21H2,1-7H3/t24-,29+,31-,33-,40-/m1/s1. The molecule has 216 valence electrons. The summed E-state index contributed by atoms with van der Waals surface area (Å²) in [6.45, 7) is 6.78. The van der Waals surface area contributed by atoms with Crippen LogP contribution in [0.5, 0.6) is 11.5 Å². The van der Waals surface area contributed by atoms with E-state index in [2.05, 4.69) is 26.1 Å². The van der Waals surface area contributed by atoms with Gasteiger partial charge in [-0.3, -0.25) is 4.57 Å². The Morgan fingerprint density at radius 3 is 2.17 bits per heavy atom. The van der Waals surface area contributed by atoms with E-state index in [1.54, 1.807) is 14.2 Å². The predicted octanol–water partition coefficient (Wildman–Crippen LogP) is 7.96. The van der Waals surface area contributed by atoms with E-state index in [9.17, 15) is 0 Å². The molecule has 5 atom stereocenters. The molecule has 1 fully saturated rings. The fourth-order valence-electron chi connectivity index (χ4n) is 5.75. The minimum Gasteiger partial charge on any atom is -0.493 e. The molecule has 1 N–H and O–H groups in total. The third-order valence-corrected chi connectivity index (χ3v) is 10.8. The van der Waals surface area contributed by atoms with Gasteiger partial charge in [-0.1, -0.05) is 51.5 Å². The number of methoxy groups -OCH3 is 2. The minimum absolute atomic E-state index is 0.108. The second-order valence-electron chi connectivity index (χ2n) is 11.5. The van der Waals surface area contributed by atoms with E-state index in [-0.39, 0.29) is 6.10 Å². The maximum absolute atomic E-state index is 15.7. The Labute approximate surface area is 240 Å². The van der Waals surface area contributed by atoms with Crippen LogP contribution in [0.25, 0.3) is 0 Å². The first-order valence-electron chi connectivity index (χ1n) is 14.3. The smallest absolute Gasteiger partial charge is 0.258 e. The summed E-state index contributed by atoms with van der Waals surface area (Å²) < 4.78 is 33.9. The van der Waals surface area contributed by atoms with Crippen LogP contribution in [0, 0.1) is 17.8 Å². The minimum atomic E-state index is -3.57. The Hall–Kier alpha value is -2.95. The second-order valence-corrected chi connectivity index (χ2v) is 13.9. The van der Waals surface area contributed by atoms with Crippen molar-refractivity contribution < 1.29 is 18.6 Å². The number of para-hydroxylation sites is 1. The Kier molecular flexibility index (Phi) is 9.86. The lowest BCUT2D eigenvalue weighted by atomic mass is 9.75. The molecule has 4 rings (SSSR count). The van der Waals surface area contributed by atoms with Gasteiger partial charge in [-0.15, -0.1) is 0 Å². The van der Waals surface area contributed by atoms with E-state index >= 15 is 4.57 Å². The highest BCUT2D eigenvalue weighted by atomic mass is 31.2. The van der Waals surface area contributed by atoms with Crippen LogP contribution in [0.1, 0.15) is 51.4 Å². The second kappa shape index (κ2) is 13.1. The predicted molar refractivity (Wildman–Crippen MR) is 167 cm³/mol. The van der Waals surface area contributed by atoms with Crippen LogP contribution in [0.3, 0.4) is 0 Å². The molecule has 0 radical (unpaired) electrons. The Morgan fingerprint density at radius 2 is 1.57 bits per heavy atom. The summed E-state index contributed by atoms with van der Waals surface area (Å²) in [7, 11) is 3.68. The van der Waals surface area contributed by atoms with Crippen molar-refractivity contribution in [2.24, 2.45) is 17.8 Å². The van der Waals surface area contributed by atoms with Gasteiger partial charge in [0, 0.05) is 30.8 Å². The van der Waals surface area contributed by atoms with E-state index in [0.29, 0.717) is 34.6 Å². The zero-order valence-corrected chi connectivity index (χ0v) is 25.9. The molecule has 0 unspecified atom stereocenters. The molecule has 0 aliphatic heterocycles. The van der Waals surface area contributed by atoms with Crippen molar-refractivity contribution >= 4 is 24.0 Å². The fraction of sp³-hybridized carbons (Fsp3) is 0.455. The van der Waals surface area contributed by atoms with Crippen molar-refractivity contribution in [3.05, 3.63) is 78.4 Å². The molecule has 3 aromatic carbocycles. The van der Waals surface area contributed by atoms with E-state index < -0.39 is 13.2 Å². The van der Waals surface area contributed by atoms with Crippen LogP contribution in [-0.2, 0) is 9.09 Å². The average molecular weight is 565 g/mol. The van der Waals surface area contributed by atoms with Gasteiger partial charge in [-0.05, 0) is 84.7 Å². The summed E-state index contributed by atoms with van der Waals surface area (Å²) in [6, 6.07) is 23.6. The van der Waals surface area contributed by atoms with E-state index in [4.69, 9.17) is 14.0 Å². The first-order chi connectivity index (χ1) is 19.2. The van der Waals surface area contributed by atoms with Gasteiger partial charge in [-0.2, -0.15) is 0 Å². The number of hydrogen-bond donors (Lipinski definition) is 1. The van der Waals surface area contributed by atoms with Crippen LogP contribution in [0.2, 0.25) is 0 Å². The highest BCUT2D eigenvalue weighted by Crippen LogP contribution is 2.62. The summed E-state index contributed by atoms with van der Waals surface area (Å²) in [5, 5.41) is 4.31. The molecule has 0 aromatic heterocycles. The van der Waals surface area contributed by atoms with Crippen molar-refractivity contribution in [3.8, 4) is 11.5 Å². The monoisotopic (exact) mass is 564 g/mol. The maximum atomic E-state index is 15.7. The van der Waals surface area contributed by atoms with Crippen molar-refractivity contribution in [2.75, 3.05) is 38.5 Å². The molecule has 0 heterocycles. The summed E-state index contributed by atoms with van der Waals surface area (Å²) in [4.78, 5) is 2.04.